The number of hydrogen-bond donors (Lipinski definition) is 1. The first-order valence-electron chi connectivity index (χ1n) is 8.12. The van der Waals surface area contributed by atoms with E-state index in [9.17, 15) is 22.3 Å². The summed E-state index contributed by atoms with van der Waals surface area (Å²) in [5.41, 5.74) is 0.895. The van der Waals surface area contributed by atoms with Gasteiger partial charge in [0.25, 0.3) is 16.4 Å². The summed E-state index contributed by atoms with van der Waals surface area (Å²) < 4.78 is 53.2. The zero-order chi connectivity index (χ0) is 20.4. The van der Waals surface area contributed by atoms with E-state index in [1.807, 2.05) is 13.8 Å². The van der Waals surface area contributed by atoms with Crippen LogP contribution in [0.15, 0.2) is 28.6 Å². The first kappa shape index (κ1) is 28.5. The molecule has 0 bridgehead atoms. The number of benzene rings is 1. The molecule has 0 fully saturated rings. The van der Waals surface area contributed by atoms with Crippen LogP contribution in [0.25, 0.3) is 10.7 Å². The SMILES string of the molecule is CC.CSc1nc2c(s1)C(O)=C(c1ccccc1C)S(=O)(=O)N2CC(F)F.[CH3-].[Y]. The van der Waals surface area contributed by atoms with Gasteiger partial charge < -0.3 is 12.5 Å². The number of aliphatic hydroxyl groups excluding tert-OH is 1. The molecule has 3 rings (SSSR count). The molecule has 2 heterocycles. The minimum atomic E-state index is -4.37. The second kappa shape index (κ2) is 11.7. The predicted octanol–water partition coefficient (Wildman–Crippen LogP) is 5.45. The van der Waals surface area contributed by atoms with E-state index in [4.69, 9.17) is 0 Å². The topological polar surface area (TPSA) is 70.5 Å². The molecule has 1 aliphatic heterocycles. The number of aliphatic hydroxyl groups is 1. The van der Waals surface area contributed by atoms with Crippen LogP contribution in [0.2, 0.25) is 0 Å². The fourth-order valence-corrected chi connectivity index (χ4v) is 5.94. The average molecular weight is 538 g/mol. The Labute approximate surface area is 204 Å². The number of alkyl halides is 2. The van der Waals surface area contributed by atoms with Gasteiger partial charge in [0.1, 0.15) is 9.78 Å². The van der Waals surface area contributed by atoms with Crippen LogP contribution in [-0.2, 0) is 42.7 Å². The second-order valence-corrected chi connectivity index (χ2v) is 9.11. The number of aryl methyl sites for hydroxylation is 1. The largest absolute Gasteiger partial charge is 0.505 e. The molecule has 0 aliphatic carbocycles. The minimum Gasteiger partial charge on any atom is -0.505 e. The molecular weight excluding hydrogens is 515 g/mol. The predicted molar refractivity (Wildman–Crippen MR) is 115 cm³/mol. The molecule has 5 nitrogen and oxygen atoms in total. The standard InChI is InChI=1S/C15H14F2N2O3S3.C2H6.CH3.Y/c1-8-5-3-4-6-9(8)13-11(20)12-14(18-15(23-2)24-12)19(7-10(16)17)25(13,21)22;1-2;;/h3-6,10,20H,7H2,1-2H3;1-2H3;1H3;/q;;-1;. The van der Waals surface area contributed by atoms with Gasteiger partial charge in [-0.25, -0.2) is 26.5 Å². The maximum atomic E-state index is 13.0. The van der Waals surface area contributed by atoms with Gasteiger partial charge in [-0.3, -0.25) is 0 Å². The second-order valence-electron chi connectivity index (χ2n) is 5.26. The third kappa shape index (κ3) is 5.58. The number of halogens is 2. The first-order chi connectivity index (χ1) is 12.8. The molecule has 1 aromatic carbocycles. The number of thiazole rings is 1. The van der Waals surface area contributed by atoms with Gasteiger partial charge >= 0.3 is 0 Å². The summed E-state index contributed by atoms with van der Waals surface area (Å²) in [5.74, 6) is -0.600. The average Bonchev–Trinajstić information content (AvgIpc) is 3.06. The molecule has 0 atom stereocenters. The molecule has 29 heavy (non-hydrogen) atoms. The third-order valence-corrected chi connectivity index (χ3v) is 7.54. The van der Waals surface area contributed by atoms with Gasteiger partial charge in [0.15, 0.2) is 15.9 Å². The Bertz CT molecular complexity index is 963. The molecule has 0 amide bonds. The van der Waals surface area contributed by atoms with E-state index in [0.717, 1.165) is 11.3 Å². The zero-order valence-corrected chi connectivity index (χ0v) is 22.1. The molecule has 0 spiro atoms. The number of sulfonamides is 1. The molecular formula is C18H23F2N2O3S3Y-. The van der Waals surface area contributed by atoms with E-state index in [2.05, 4.69) is 4.98 Å². The van der Waals surface area contributed by atoms with E-state index >= 15 is 0 Å². The summed E-state index contributed by atoms with van der Waals surface area (Å²) in [5, 5.41) is 10.6. The van der Waals surface area contributed by atoms with Crippen molar-refractivity contribution in [2.24, 2.45) is 0 Å². The Hall–Kier alpha value is -0.546. The first-order valence-corrected chi connectivity index (χ1v) is 11.6. The van der Waals surface area contributed by atoms with Crippen LogP contribution < -0.4 is 4.31 Å². The minimum absolute atomic E-state index is 0. The fourth-order valence-electron chi connectivity index (χ4n) is 2.56. The van der Waals surface area contributed by atoms with Crippen molar-refractivity contribution in [3.05, 3.63) is 47.7 Å². The molecule has 0 saturated heterocycles. The molecule has 159 valence electrons. The number of fused-ring (bicyclic) bond motifs is 1. The van der Waals surface area contributed by atoms with Crippen LogP contribution in [0.5, 0.6) is 0 Å². The zero-order valence-electron chi connectivity index (χ0n) is 16.8. The van der Waals surface area contributed by atoms with Crippen molar-refractivity contribution in [3.63, 3.8) is 0 Å². The maximum Gasteiger partial charge on any atom is 0.270 e. The van der Waals surface area contributed by atoms with Crippen molar-refractivity contribution in [3.8, 4) is 0 Å². The normalized spacial score (nSPS) is 14.4. The van der Waals surface area contributed by atoms with Gasteiger partial charge in [0.05, 0.1) is 6.54 Å². The van der Waals surface area contributed by atoms with Gasteiger partial charge in [0, 0.05) is 38.3 Å². The molecule has 1 N–H and O–H groups in total. The van der Waals surface area contributed by atoms with Crippen molar-refractivity contribution in [1.82, 2.24) is 4.98 Å². The molecule has 2 aromatic rings. The van der Waals surface area contributed by atoms with E-state index < -0.39 is 28.8 Å². The van der Waals surface area contributed by atoms with E-state index in [1.54, 1.807) is 37.4 Å². The van der Waals surface area contributed by atoms with Crippen LogP contribution in [-0.4, -0.2) is 37.7 Å². The number of anilines is 1. The Balaban J connectivity index is 0.00000190. The Kier molecular flexibility index (Phi) is 11.5. The molecule has 11 heteroatoms. The van der Waals surface area contributed by atoms with E-state index in [-0.39, 0.29) is 61.3 Å². The molecule has 0 unspecified atom stereocenters. The van der Waals surface area contributed by atoms with Gasteiger partial charge in [-0.15, -0.1) is 11.3 Å². The number of aromatic nitrogens is 1. The molecule has 0 saturated carbocycles. The van der Waals surface area contributed by atoms with Crippen LogP contribution >= 0.6 is 23.1 Å². The summed E-state index contributed by atoms with van der Waals surface area (Å²) >= 11 is 2.32. The van der Waals surface area contributed by atoms with Crippen LogP contribution in [0.1, 0.15) is 29.9 Å². The smallest absolute Gasteiger partial charge is 0.270 e. The molecule has 1 aromatic heterocycles. The fraction of sp³-hybridized carbons (Fsp3) is 0.333. The van der Waals surface area contributed by atoms with Crippen molar-refractivity contribution in [1.29, 1.82) is 0 Å². The number of hydrogen-bond acceptors (Lipinski definition) is 6. The van der Waals surface area contributed by atoms with Crippen molar-refractivity contribution in [2.45, 2.75) is 31.5 Å². The van der Waals surface area contributed by atoms with Crippen molar-refractivity contribution >= 4 is 49.6 Å². The number of thioether (sulfide) groups is 1. The summed E-state index contributed by atoms with van der Waals surface area (Å²) in [6.07, 6.45) is -1.14. The molecule has 1 aliphatic rings. The monoisotopic (exact) mass is 538 g/mol. The quantitative estimate of drug-likeness (QED) is 0.415. The maximum absolute atomic E-state index is 13.0. The number of nitrogens with zero attached hydrogens (tertiary/aromatic N) is 2. The van der Waals surface area contributed by atoms with Crippen molar-refractivity contribution < 1.29 is 55.0 Å². The van der Waals surface area contributed by atoms with Gasteiger partial charge in [-0.2, -0.15) is 0 Å². The summed E-state index contributed by atoms with van der Waals surface area (Å²) in [4.78, 5) is 3.91. The third-order valence-electron chi connectivity index (χ3n) is 3.67. The van der Waals surface area contributed by atoms with Crippen molar-refractivity contribution in [2.75, 3.05) is 17.1 Å². The Morgan fingerprint density at radius 2 is 1.86 bits per heavy atom. The van der Waals surface area contributed by atoms with Crippen LogP contribution in [0.4, 0.5) is 14.6 Å². The molecule has 1 radical (unpaired) electrons. The van der Waals surface area contributed by atoms with Crippen LogP contribution in [0, 0.1) is 14.4 Å². The Morgan fingerprint density at radius 1 is 1.28 bits per heavy atom. The van der Waals surface area contributed by atoms with Crippen LogP contribution in [0.3, 0.4) is 0 Å². The summed E-state index contributed by atoms with van der Waals surface area (Å²) in [6.45, 7) is 4.67. The number of rotatable bonds is 4. The summed E-state index contributed by atoms with van der Waals surface area (Å²) in [7, 11) is -4.37. The van der Waals surface area contributed by atoms with E-state index in [1.165, 1.54) is 11.8 Å². The van der Waals surface area contributed by atoms with E-state index in [0.29, 0.717) is 14.2 Å². The van der Waals surface area contributed by atoms with Gasteiger partial charge in [0.2, 0.25) is 0 Å². The Morgan fingerprint density at radius 3 is 2.38 bits per heavy atom. The summed E-state index contributed by atoms with van der Waals surface area (Å²) in [6, 6.07) is 6.59. The van der Waals surface area contributed by atoms with Gasteiger partial charge in [-0.05, 0) is 18.7 Å². The van der Waals surface area contributed by atoms with Gasteiger partial charge in [-0.1, -0.05) is 49.9 Å².